The highest BCUT2D eigenvalue weighted by atomic mass is 14.9. The molecule has 0 N–H and O–H groups in total. The van der Waals surface area contributed by atoms with Crippen molar-refractivity contribution in [3.63, 3.8) is 0 Å². The van der Waals surface area contributed by atoms with Gasteiger partial charge in [0, 0.05) is 32.6 Å². The van der Waals surface area contributed by atoms with Gasteiger partial charge in [0.1, 0.15) is 0 Å². The van der Waals surface area contributed by atoms with Gasteiger partial charge in [-0.25, -0.2) is 0 Å². The maximum absolute atomic E-state index is 2.47. The summed E-state index contributed by atoms with van der Waals surface area (Å²) in [6.45, 7) is 0. The Kier molecular flexibility index (Phi) is 4.61. The Hall–Kier alpha value is -6.12. The standard InChI is InChI=1S/C44H26N2/c1-3-10-29-22-43-39(20-27(29)8-1)37-18-16-31-24-41(37)45(43)33-12-7-13-34(26-33)46-42-25-32(36-15-6-5-14-35(31)36)17-19-38(42)40-21-28-9-2-4-11-30(28)23-44(40)46/h1-26H. The molecule has 0 radical (unpaired) electrons. The lowest BCUT2D eigenvalue weighted by atomic mass is 10.0. The van der Waals surface area contributed by atoms with E-state index in [0.717, 1.165) is 11.0 Å². The highest BCUT2D eigenvalue weighted by Crippen LogP contribution is 2.38. The second kappa shape index (κ2) is 8.74. The van der Waals surface area contributed by atoms with Crippen LogP contribution < -0.4 is 0 Å². The average molecular weight is 583 g/mol. The molecule has 0 fully saturated rings. The zero-order chi connectivity index (χ0) is 29.9. The topological polar surface area (TPSA) is 8.82 Å². The number of fused-ring (bicyclic) bond motifs is 17. The molecule has 0 atom stereocenters. The van der Waals surface area contributed by atoms with Crippen molar-refractivity contribution in [2.45, 2.75) is 0 Å². The van der Waals surface area contributed by atoms with Gasteiger partial charge < -0.3 is 8.80 Å². The summed E-state index contributed by atoms with van der Waals surface area (Å²) in [6.07, 6.45) is 0. The van der Waals surface area contributed by atoms with Crippen molar-refractivity contribution in [1.29, 1.82) is 0 Å². The third-order valence-electron chi connectivity index (χ3n) is 10.2. The van der Waals surface area contributed by atoms with Crippen molar-refractivity contribution >= 4 is 97.7 Å². The zero-order valence-electron chi connectivity index (χ0n) is 24.9. The van der Waals surface area contributed by atoms with Gasteiger partial charge in [-0.05, 0) is 97.7 Å². The minimum absolute atomic E-state index is 1.16. The fraction of sp³-hybridized carbons (Fsp3) is 0. The maximum atomic E-state index is 2.47. The van der Waals surface area contributed by atoms with E-state index >= 15 is 0 Å². The lowest BCUT2D eigenvalue weighted by Gasteiger charge is -2.05. The van der Waals surface area contributed by atoms with Crippen molar-refractivity contribution in [2.24, 2.45) is 0 Å². The molecule has 0 saturated heterocycles. The quantitative estimate of drug-likeness (QED) is 0.168. The molecule has 11 aromatic rings. The SMILES string of the molecule is c1ccc2cc3c(cc2c1)c1ccc2cc1n3c1cccc(c1)n1c3cc4ccccc4cc3c3ccc(cc31)c1ccccc21. The number of benzene rings is 8. The van der Waals surface area contributed by atoms with Crippen molar-refractivity contribution in [3.05, 3.63) is 158 Å². The molecule has 0 unspecified atom stereocenters. The summed E-state index contributed by atoms with van der Waals surface area (Å²) in [4.78, 5) is 0. The van der Waals surface area contributed by atoms with E-state index in [-0.39, 0.29) is 0 Å². The molecule has 0 spiro atoms. The molecule has 3 aromatic heterocycles. The first kappa shape index (κ1) is 24.2. The van der Waals surface area contributed by atoms with Gasteiger partial charge in [0.15, 0.2) is 0 Å². The molecular weight excluding hydrogens is 556 g/mol. The normalized spacial score (nSPS) is 12.3. The van der Waals surface area contributed by atoms with Crippen LogP contribution in [0.2, 0.25) is 0 Å². The number of hydrogen-bond acceptors (Lipinski definition) is 0. The van der Waals surface area contributed by atoms with Crippen LogP contribution in [0.1, 0.15) is 0 Å². The summed E-state index contributed by atoms with van der Waals surface area (Å²) in [5.74, 6) is 0. The average Bonchev–Trinajstić information content (AvgIpc) is 3.60. The molecule has 6 bridgehead atoms. The molecule has 46 heavy (non-hydrogen) atoms. The van der Waals surface area contributed by atoms with Crippen molar-refractivity contribution < 1.29 is 0 Å². The summed E-state index contributed by atoms with van der Waals surface area (Å²) in [7, 11) is 0. The molecule has 2 heteroatoms. The van der Waals surface area contributed by atoms with Gasteiger partial charge in [-0.1, -0.05) is 103 Å². The van der Waals surface area contributed by atoms with Gasteiger partial charge in [-0.15, -0.1) is 0 Å². The van der Waals surface area contributed by atoms with E-state index in [1.807, 2.05) is 0 Å². The van der Waals surface area contributed by atoms with Crippen LogP contribution in [0.25, 0.3) is 97.7 Å². The zero-order valence-corrected chi connectivity index (χ0v) is 24.9. The minimum Gasteiger partial charge on any atom is -0.309 e. The summed E-state index contributed by atoms with van der Waals surface area (Å²) in [6, 6.07) is 58.8. The lowest BCUT2D eigenvalue weighted by molar-refractivity contribution is 1.31. The molecule has 0 aliphatic rings. The van der Waals surface area contributed by atoms with Crippen LogP contribution in [0.3, 0.4) is 0 Å². The highest BCUT2D eigenvalue weighted by molar-refractivity contribution is 6.18. The van der Waals surface area contributed by atoms with Gasteiger partial charge in [-0.3, -0.25) is 0 Å². The smallest absolute Gasteiger partial charge is 0.0547 e. The van der Waals surface area contributed by atoms with Crippen molar-refractivity contribution in [2.75, 3.05) is 0 Å². The number of rotatable bonds is 0. The van der Waals surface area contributed by atoms with Crippen molar-refractivity contribution in [1.82, 2.24) is 8.80 Å². The maximum Gasteiger partial charge on any atom is 0.0547 e. The number of hydrogen-bond donors (Lipinski definition) is 0. The van der Waals surface area contributed by atoms with Crippen LogP contribution >= 0.6 is 0 Å². The predicted octanol–water partition coefficient (Wildman–Crippen LogP) is 12.0. The molecule has 0 saturated carbocycles. The van der Waals surface area contributed by atoms with Crippen LogP contribution in [-0.2, 0) is 0 Å². The third-order valence-corrected chi connectivity index (χ3v) is 10.2. The molecule has 8 aromatic carbocycles. The summed E-state index contributed by atoms with van der Waals surface area (Å²) in [5.41, 5.74) is 7.19. The largest absolute Gasteiger partial charge is 0.309 e. The number of nitrogens with zero attached hydrogens (tertiary/aromatic N) is 2. The molecule has 0 aliphatic heterocycles. The Morgan fingerprint density at radius 2 is 0.630 bits per heavy atom. The highest BCUT2D eigenvalue weighted by Gasteiger charge is 2.14. The van der Waals surface area contributed by atoms with E-state index in [1.54, 1.807) is 0 Å². The minimum atomic E-state index is 1.16. The van der Waals surface area contributed by atoms with Crippen LogP contribution in [0.5, 0.6) is 0 Å². The van der Waals surface area contributed by atoms with E-state index in [9.17, 15) is 0 Å². The van der Waals surface area contributed by atoms with E-state index in [1.165, 1.54) is 86.7 Å². The van der Waals surface area contributed by atoms with E-state index in [4.69, 9.17) is 0 Å². The fourth-order valence-electron chi connectivity index (χ4n) is 8.06. The van der Waals surface area contributed by atoms with Gasteiger partial charge in [0.25, 0.3) is 0 Å². The van der Waals surface area contributed by atoms with Crippen LogP contribution in [0.15, 0.2) is 158 Å². The molecule has 11 rings (SSSR count). The van der Waals surface area contributed by atoms with E-state index < -0.39 is 0 Å². The van der Waals surface area contributed by atoms with Gasteiger partial charge in [0.2, 0.25) is 0 Å². The molecule has 0 amide bonds. The van der Waals surface area contributed by atoms with E-state index in [0.29, 0.717) is 0 Å². The van der Waals surface area contributed by atoms with E-state index in [2.05, 4.69) is 167 Å². The first-order valence-corrected chi connectivity index (χ1v) is 15.9. The Bertz CT molecular complexity index is 2930. The van der Waals surface area contributed by atoms with Crippen molar-refractivity contribution in [3.8, 4) is 0 Å². The first-order valence-electron chi connectivity index (χ1n) is 15.9. The second-order valence-electron chi connectivity index (χ2n) is 12.6. The number of aromatic nitrogens is 2. The molecule has 2 nitrogen and oxygen atoms in total. The molecular formula is C44H26N2. The summed E-state index contributed by atoms with van der Waals surface area (Å²) < 4.78 is 4.94. The molecule has 0 aliphatic carbocycles. The van der Waals surface area contributed by atoms with Gasteiger partial charge in [0.05, 0.1) is 22.1 Å². The van der Waals surface area contributed by atoms with Gasteiger partial charge in [-0.2, -0.15) is 0 Å². The van der Waals surface area contributed by atoms with Crippen LogP contribution in [-0.4, -0.2) is 8.80 Å². The predicted molar refractivity (Wildman–Crippen MR) is 197 cm³/mol. The monoisotopic (exact) mass is 582 g/mol. The fourth-order valence-corrected chi connectivity index (χ4v) is 8.06. The van der Waals surface area contributed by atoms with Crippen LogP contribution in [0, 0.1) is 0 Å². The Morgan fingerprint density at radius 3 is 1.11 bits per heavy atom. The third kappa shape index (κ3) is 3.20. The summed E-state index contributed by atoms with van der Waals surface area (Å²) >= 11 is 0. The molecule has 3 heterocycles. The lowest BCUT2D eigenvalue weighted by Crippen LogP contribution is -1.88. The van der Waals surface area contributed by atoms with Crippen LogP contribution in [0.4, 0.5) is 0 Å². The molecule has 212 valence electrons. The summed E-state index contributed by atoms with van der Waals surface area (Å²) in [5, 5.41) is 15.0. The Labute approximate surface area is 263 Å². The van der Waals surface area contributed by atoms with Gasteiger partial charge >= 0.3 is 0 Å². The first-order chi connectivity index (χ1) is 22.8. The Morgan fingerprint density at radius 1 is 0.239 bits per heavy atom. The Balaban J connectivity index is 1.47. The second-order valence-corrected chi connectivity index (χ2v) is 12.6.